The molecule has 4 heteroatoms. The van der Waals surface area contributed by atoms with Crippen LogP contribution in [0.1, 0.15) is 70.4 Å². The zero-order valence-electron chi connectivity index (χ0n) is 17.3. The van der Waals surface area contributed by atoms with Crippen molar-refractivity contribution in [3.05, 3.63) is 41.5 Å². The minimum absolute atomic E-state index is 0.00693. The van der Waals surface area contributed by atoms with E-state index in [4.69, 9.17) is 5.11 Å². The van der Waals surface area contributed by atoms with Crippen LogP contribution >= 0.6 is 0 Å². The Labute approximate surface area is 168 Å². The van der Waals surface area contributed by atoms with E-state index in [0.717, 1.165) is 24.0 Å². The van der Waals surface area contributed by atoms with Crippen LogP contribution in [0, 0.1) is 0 Å². The largest absolute Gasteiger partial charge is 0.508 e. The maximum Gasteiger partial charge on any atom is 0.127 e. The maximum absolute atomic E-state index is 10.7. The number of phenolic OH excluding ortho intramolecular Hbond substituents is 3. The summed E-state index contributed by atoms with van der Waals surface area (Å²) in [6, 6.07) is 8.36. The third-order valence-corrected chi connectivity index (χ3v) is 5.50. The average Bonchev–Trinajstić information content (AvgIpc) is 2.64. The van der Waals surface area contributed by atoms with E-state index < -0.39 is 0 Å². The van der Waals surface area contributed by atoms with Crippen LogP contribution in [0.25, 0.3) is 11.1 Å². The van der Waals surface area contributed by atoms with Gasteiger partial charge >= 0.3 is 0 Å². The van der Waals surface area contributed by atoms with Gasteiger partial charge in [0.05, 0.1) is 5.56 Å². The van der Waals surface area contributed by atoms with E-state index in [1.165, 1.54) is 19.3 Å². The number of hydrogen-bond acceptors (Lipinski definition) is 4. The van der Waals surface area contributed by atoms with E-state index in [1.807, 2.05) is 0 Å². The molecule has 0 aliphatic rings. The zero-order chi connectivity index (χ0) is 20.7. The highest BCUT2D eigenvalue weighted by atomic mass is 16.3. The Hall–Kier alpha value is -2.20. The van der Waals surface area contributed by atoms with Gasteiger partial charge in [0.25, 0.3) is 0 Å². The number of phenols is 3. The second kappa shape index (κ2) is 9.83. The highest BCUT2D eigenvalue weighted by Gasteiger charge is 2.24. The van der Waals surface area contributed by atoms with Crippen LogP contribution in [0.15, 0.2) is 30.3 Å². The van der Waals surface area contributed by atoms with Crippen LogP contribution in [0.5, 0.6) is 17.2 Å². The lowest BCUT2D eigenvalue weighted by atomic mass is 9.79. The predicted molar refractivity (Wildman–Crippen MR) is 114 cm³/mol. The van der Waals surface area contributed by atoms with Gasteiger partial charge in [0.1, 0.15) is 17.2 Å². The fraction of sp³-hybridized carbons (Fsp3) is 0.500. The minimum Gasteiger partial charge on any atom is -0.508 e. The lowest BCUT2D eigenvalue weighted by Crippen LogP contribution is -2.17. The molecule has 4 nitrogen and oxygen atoms in total. The molecule has 0 atom stereocenters. The summed E-state index contributed by atoms with van der Waals surface area (Å²) in [7, 11) is 0. The van der Waals surface area contributed by atoms with Crippen LogP contribution < -0.4 is 0 Å². The van der Waals surface area contributed by atoms with Crippen LogP contribution in [0.2, 0.25) is 0 Å². The Bertz CT molecular complexity index is 757. The van der Waals surface area contributed by atoms with Crippen molar-refractivity contribution in [2.75, 3.05) is 6.61 Å². The monoisotopic (exact) mass is 386 g/mol. The Morgan fingerprint density at radius 2 is 1.54 bits per heavy atom. The molecular formula is C24H34O4. The van der Waals surface area contributed by atoms with Crippen molar-refractivity contribution in [2.45, 2.75) is 71.1 Å². The number of aliphatic hydroxyl groups excluding tert-OH is 1. The normalized spacial score (nSPS) is 11.7. The summed E-state index contributed by atoms with van der Waals surface area (Å²) < 4.78 is 0. The second-order valence-electron chi connectivity index (χ2n) is 8.25. The number of rotatable bonds is 10. The lowest BCUT2D eigenvalue weighted by Gasteiger charge is -2.26. The molecule has 2 aromatic carbocycles. The standard InChI is InChI=1S/C24H34O4/c1-4-5-6-7-12-24(2,3)18-14-21(27)23(22(28)15-18)20-16-19(26)11-10-17(20)9-8-13-25/h10-11,14-16,25-28H,4-9,12-13H2,1-3H3. The third kappa shape index (κ3) is 5.41. The molecule has 0 fully saturated rings. The summed E-state index contributed by atoms with van der Waals surface area (Å²) in [6.07, 6.45) is 6.87. The van der Waals surface area contributed by atoms with Gasteiger partial charge in [0.2, 0.25) is 0 Å². The van der Waals surface area contributed by atoms with Crippen molar-refractivity contribution in [1.82, 2.24) is 0 Å². The molecule has 2 rings (SSSR count). The number of aliphatic hydroxyl groups is 1. The molecule has 0 aromatic heterocycles. The average molecular weight is 387 g/mol. The Morgan fingerprint density at radius 3 is 2.14 bits per heavy atom. The summed E-state index contributed by atoms with van der Waals surface area (Å²) in [5.41, 5.74) is 2.54. The van der Waals surface area contributed by atoms with E-state index in [0.29, 0.717) is 24.0 Å². The summed E-state index contributed by atoms with van der Waals surface area (Å²) in [5.74, 6) is 0.0850. The molecule has 0 aliphatic heterocycles. The number of unbranched alkanes of at least 4 members (excludes halogenated alkanes) is 3. The molecule has 0 saturated heterocycles. The predicted octanol–water partition coefficient (Wildman–Crippen LogP) is 5.64. The zero-order valence-corrected chi connectivity index (χ0v) is 17.3. The molecule has 0 unspecified atom stereocenters. The molecule has 0 saturated carbocycles. The lowest BCUT2D eigenvalue weighted by molar-refractivity contribution is 0.288. The molecule has 0 spiro atoms. The van der Waals surface area contributed by atoms with Gasteiger partial charge in [0.15, 0.2) is 0 Å². The van der Waals surface area contributed by atoms with Gasteiger partial charge in [-0.05, 0) is 65.6 Å². The maximum atomic E-state index is 10.7. The van der Waals surface area contributed by atoms with Gasteiger partial charge in [-0.3, -0.25) is 0 Å². The molecule has 0 bridgehead atoms. The van der Waals surface area contributed by atoms with Crippen molar-refractivity contribution in [1.29, 1.82) is 0 Å². The molecule has 0 amide bonds. The van der Waals surface area contributed by atoms with Crippen LogP contribution in [0.4, 0.5) is 0 Å². The van der Waals surface area contributed by atoms with Gasteiger partial charge in [-0.15, -0.1) is 0 Å². The quantitative estimate of drug-likeness (QED) is 0.398. The van der Waals surface area contributed by atoms with Gasteiger partial charge < -0.3 is 20.4 Å². The van der Waals surface area contributed by atoms with Crippen molar-refractivity contribution >= 4 is 0 Å². The van der Waals surface area contributed by atoms with Crippen molar-refractivity contribution in [3.63, 3.8) is 0 Å². The summed E-state index contributed by atoms with van der Waals surface area (Å²) in [6.45, 7) is 6.52. The first-order valence-electron chi connectivity index (χ1n) is 10.3. The van der Waals surface area contributed by atoms with Gasteiger partial charge in [-0.1, -0.05) is 52.5 Å². The van der Waals surface area contributed by atoms with Crippen molar-refractivity contribution in [2.24, 2.45) is 0 Å². The van der Waals surface area contributed by atoms with E-state index in [2.05, 4.69) is 20.8 Å². The summed E-state index contributed by atoms with van der Waals surface area (Å²) in [4.78, 5) is 0. The van der Waals surface area contributed by atoms with Crippen molar-refractivity contribution < 1.29 is 20.4 Å². The number of aromatic hydroxyl groups is 3. The molecule has 0 radical (unpaired) electrons. The molecule has 0 heterocycles. The SMILES string of the molecule is CCCCCCC(C)(C)c1cc(O)c(-c2cc(O)ccc2CCCO)c(O)c1. The Balaban J connectivity index is 2.38. The fourth-order valence-corrected chi connectivity index (χ4v) is 3.70. The molecule has 28 heavy (non-hydrogen) atoms. The van der Waals surface area contributed by atoms with Gasteiger partial charge in [-0.25, -0.2) is 0 Å². The highest BCUT2D eigenvalue weighted by Crippen LogP contribution is 2.44. The summed E-state index contributed by atoms with van der Waals surface area (Å²) in [5, 5.41) is 40.5. The van der Waals surface area contributed by atoms with Gasteiger partial charge in [-0.2, -0.15) is 0 Å². The minimum atomic E-state index is -0.153. The molecule has 154 valence electrons. The van der Waals surface area contributed by atoms with Crippen LogP contribution in [0.3, 0.4) is 0 Å². The first-order valence-corrected chi connectivity index (χ1v) is 10.3. The van der Waals surface area contributed by atoms with E-state index in [1.54, 1.807) is 30.3 Å². The highest BCUT2D eigenvalue weighted by molar-refractivity contribution is 5.80. The first-order chi connectivity index (χ1) is 13.3. The number of benzene rings is 2. The topological polar surface area (TPSA) is 80.9 Å². The van der Waals surface area contributed by atoms with Gasteiger partial charge in [0, 0.05) is 6.61 Å². The van der Waals surface area contributed by atoms with E-state index >= 15 is 0 Å². The van der Waals surface area contributed by atoms with E-state index in [9.17, 15) is 15.3 Å². The molecule has 0 aliphatic carbocycles. The fourth-order valence-electron chi connectivity index (χ4n) is 3.70. The molecule has 4 N–H and O–H groups in total. The van der Waals surface area contributed by atoms with Crippen LogP contribution in [-0.2, 0) is 11.8 Å². The smallest absolute Gasteiger partial charge is 0.127 e. The first kappa shape index (κ1) is 22.1. The van der Waals surface area contributed by atoms with Crippen molar-refractivity contribution in [3.8, 4) is 28.4 Å². The summed E-state index contributed by atoms with van der Waals surface area (Å²) >= 11 is 0. The molecule has 2 aromatic rings. The Morgan fingerprint density at radius 1 is 0.857 bits per heavy atom. The number of aryl methyl sites for hydroxylation is 1. The molecular weight excluding hydrogens is 352 g/mol. The third-order valence-electron chi connectivity index (χ3n) is 5.50. The second-order valence-corrected chi connectivity index (χ2v) is 8.25. The number of hydrogen-bond donors (Lipinski definition) is 4. The van der Waals surface area contributed by atoms with Crippen LogP contribution in [-0.4, -0.2) is 27.0 Å². The Kier molecular flexibility index (Phi) is 7.76. The van der Waals surface area contributed by atoms with E-state index in [-0.39, 0.29) is 29.3 Å².